The Hall–Kier alpha value is -0.888. The molecular formula is C9H14BLiN2O2. The molecule has 2 heterocycles. The van der Waals surface area contributed by atoms with E-state index in [1.54, 1.807) is 17.7 Å². The Morgan fingerprint density at radius 3 is 2.80 bits per heavy atom. The fourth-order valence-electron chi connectivity index (χ4n) is 1.28. The van der Waals surface area contributed by atoms with Crippen LogP contribution in [-0.4, -0.2) is 30.0 Å². The first-order valence-corrected chi connectivity index (χ1v) is 3.97. The quantitative estimate of drug-likeness (QED) is 0.509. The molecule has 0 aliphatic rings. The molecule has 0 aliphatic heterocycles. The van der Waals surface area contributed by atoms with Crippen molar-refractivity contribution in [2.24, 2.45) is 0 Å². The topological polar surface area (TPSA) is 46.8 Å². The number of hydrogen-bond acceptors (Lipinski definition) is 3. The Balaban J connectivity index is 0.000000980. The van der Waals surface area contributed by atoms with Crippen LogP contribution in [0.15, 0.2) is 24.4 Å². The molecule has 1 N–H and O–H groups in total. The number of pyridine rings is 1. The van der Waals surface area contributed by atoms with Crippen LogP contribution in [0, 0.1) is 0 Å². The molecule has 0 radical (unpaired) electrons. The molecule has 6 heteroatoms. The summed E-state index contributed by atoms with van der Waals surface area (Å²) in [5.41, 5.74) is 1.42. The third kappa shape index (κ3) is 2.57. The van der Waals surface area contributed by atoms with E-state index in [-0.39, 0.29) is 33.9 Å². The Labute approximate surface area is 102 Å². The number of nitrogens with zero attached hydrogens (tertiary/aromatic N) is 2. The van der Waals surface area contributed by atoms with Gasteiger partial charge >= 0.3 is 18.9 Å². The fraction of sp³-hybridized carbons (Fsp3) is 0.222. The standard InChI is InChI=1S/C9H10N2O2.BH4.Li/c1-13-9-4-2-3-8-10-7(6-12)5-11(8)9;;/h2-5,12H,6H2,1H3;1H4;/q;-1;+1. The van der Waals surface area contributed by atoms with E-state index in [1.165, 1.54) is 0 Å². The fourth-order valence-corrected chi connectivity index (χ4v) is 1.28. The molecule has 0 aromatic carbocycles. The van der Waals surface area contributed by atoms with Gasteiger partial charge in [-0.1, -0.05) is 14.5 Å². The summed E-state index contributed by atoms with van der Waals surface area (Å²) in [5, 5.41) is 8.89. The van der Waals surface area contributed by atoms with Crippen LogP contribution < -0.4 is 23.6 Å². The molecule has 0 unspecified atom stereocenters. The van der Waals surface area contributed by atoms with Crippen LogP contribution in [0.1, 0.15) is 5.69 Å². The van der Waals surface area contributed by atoms with E-state index in [4.69, 9.17) is 9.84 Å². The van der Waals surface area contributed by atoms with Gasteiger partial charge in [-0.05, 0) is 12.1 Å². The van der Waals surface area contributed by atoms with Crippen molar-refractivity contribution < 1.29 is 28.7 Å². The molecule has 0 saturated heterocycles. The van der Waals surface area contributed by atoms with Crippen molar-refractivity contribution in [3.8, 4) is 5.88 Å². The summed E-state index contributed by atoms with van der Waals surface area (Å²) in [6.07, 6.45) is 1.76. The zero-order chi connectivity index (χ0) is 9.26. The minimum absolute atomic E-state index is 0. The van der Waals surface area contributed by atoms with Crippen molar-refractivity contribution in [2.45, 2.75) is 6.61 Å². The van der Waals surface area contributed by atoms with Gasteiger partial charge in [0.25, 0.3) is 0 Å². The summed E-state index contributed by atoms with van der Waals surface area (Å²) in [6.45, 7) is -0.0508. The second kappa shape index (κ2) is 5.86. The largest absolute Gasteiger partial charge is 1.00 e. The van der Waals surface area contributed by atoms with Gasteiger partial charge in [-0.2, -0.15) is 0 Å². The average Bonchev–Trinajstić information content (AvgIpc) is 2.59. The van der Waals surface area contributed by atoms with Gasteiger partial charge in [0.1, 0.15) is 5.65 Å². The first kappa shape index (κ1) is 14.1. The number of fused-ring (bicyclic) bond motifs is 1. The smallest absolute Gasteiger partial charge is 0.482 e. The predicted octanol–water partition coefficient (Wildman–Crippen LogP) is -3.61. The minimum atomic E-state index is -0.0508. The molecule has 15 heavy (non-hydrogen) atoms. The van der Waals surface area contributed by atoms with Crippen molar-refractivity contribution in [1.82, 2.24) is 9.38 Å². The van der Waals surface area contributed by atoms with Gasteiger partial charge in [-0.25, -0.2) is 4.98 Å². The number of aromatic nitrogens is 2. The number of imidazole rings is 1. The normalized spacial score (nSPS) is 9.20. The van der Waals surface area contributed by atoms with E-state index >= 15 is 0 Å². The molecule has 4 nitrogen and oxygen atoms in total. The molecule has 0 saturated carbocycles. The Morgan fingerprint density at radius 1 is 1.47 bits per heavy atom. The van der Waals surface area contributed by atoms with Gasteiger partial charge in [0.05, 0.1) is 19.4 Å². The molecule has 76 valence electrons. The molecule has 0 spiro atoms. The summed E-state index contributed by atoms with van der Waals surface area (Å²) in [7, 11) is 1.60. The van der Waals surface area contributed by atoms with E-state index in [0.717, 1.165) is 5.65 Å². The van der Waals surface area contributed by atoms with Gasteiger partial charge in [0.15, 0.2) is 5.88 Å². The van der Waals surface area contributed by atoms with Gasteiger partial charge in [0.2, 0.25) is 0 Å². The molecule has 2 aromatic heterocycles. The molecule has 0 fully saturated rings. The van der Waals surface area contributed by atoms with E-state index in [1.807, 2.05) is 18.2 Å². The van der Waals surface area contributed by atoms with Crippen LogP contribution in [0.25, 0.3) is 5.65 Å². The van der Waals surface area contributed by atoms with Crippen LogP contribution in [0.4, 0.5) is 0 Å². The van der Waals surface area contributed by atoms with Gasteiger partial charge in [0, 0.05) is 6.20 Å². The van der Waals surface area contributed by atoms with Crippen molar-refractivity contribution in [3.05, 3.63) is 30.1 Å². The van der Waals surface area contributed by atoms with Gasteiger partial charge in [-0.15, -0.1) is 0 Å². The van der Waals surface area contributed by atoms with Crippen LogP contribution in [-0.2, 0) is 6.61 Å². The third-order valence-electron chi connectivity index (χ3n) is 1.88. The molecule has 0 aliphatic carbocycles. The summed E-state index contributed by atoms with van der Waals surface area (Å²) in [6, 6.07) is 5.57. The summed E-state index contributed by atoms with van der Waals surface area (Å²) >= 11 is 0. The van der Waals surface area contributed by atoms with Crippen molar-refractivity contribution in [3.63, 3.8) is 0 Å². The van der Waals surface area contributed by atoms with Crippen LogP contribution in [0.5, 0.6) is 5.88 Å². The number of aliphatic hydroxyl groups excluding tert-OH is 1. The zero-order valence-electron chi connectivity index (χ0n) is 8.27. The molecule has 0 amide bonds. The minimum Gasteiger partial charge on any atom is -0.482 e. The Kier molecular flexibility index (Phi) is 5.52. The predicted molar refractivity (Wildman–Crippen MR) is 59.0 cm³/mol. The molecule has 0 bridgehead atoms. The van der Waals surface area contributed by atoms with Crippen molar-refractivity contribution in [1.29, 1.82) is 0 Å². The van der Waals surface area contributed by atoms with Crippen molar-refractivity contribution >= 4 is 14.1 Å². The average molecular weight is 200 g/mol. The van der Waals surface area contributed by atoms with Gasteiger partial charge in [-0.3, -0.25) is 4.40 Å². The molecule has 0 atom stereocenters. The molecular weight excluding hydrogens is 186 g/mol. The summed E-state index contributed by atoms with van der Waals surface area (Å²) < 4.78 is 6.92. The van der Waals surface area contributed by atoms with E-state index in [9.17, 15) is 0 Å². The second-order valence-electron chi connectivity index (χ2n) is 2.69. The van der Waals surface area contributed by atoms with E-state index in [2.05, 4.69) is 4.98 Å². The maximum Gasteiger partial charge on any atom is 1.00 e. The molecule has 2 rings (SSSR count). The first-order chi connectivity index (χ1) is 6.35. The van der Waals surface area contributed by atoms with E-state index in [0.29, 0.717) is 11.6 Å². The monoisotopic (exact) mass is 200 g/mol. The van der Waals surface area contributed by atoms with Crippen LogP contribution in [0.2, 0.25) is 0 Å². The van der Waals surface area contributed by atoms with E-state index < -0.39 is 0 Å². The summed E-state index contributed by atoms with van der Waals surface area (Å²) in [4.78, 5) is 4.17. The van der Waals surface area contributed by atoms with Crippen molar-refractivity contribution in [2.75, 3.05) is 7.11 Å². The number of methoxy groups -OCH3 is 1. The SMILES string of the molecule is COc1cccc2nc(CO)cn12.[BH4-].[Li+]. The first-order valence-electron chi connectivity index (χ1n) is 3.97. The zero-order valence-corrected chi connectivity index (χ0v) is 8.27. The number of aliphatic hydroxyl groups is 1. The Bertz CT molecular complexity index is 433. The maximum atomic E-state index is 8.89. The number of ether oxygens (including phenoxy) is 1. The third-order valence-corrected chi connectivity index (χ3v) is 1.88. The van der Waals surface area contributed by atoms with Crippen LogP contribution >= 0.6 is 0 Å². The van der Waals surface area contributed by atoms with Gasteiger partial charge < -0.3 is 9.84 Å². The maximum absolute atomic E-state index is 8.89. The van der Waals surface area contributed by atoms with Crippen LogP contribution in [0.3, 0.4) is 0 Å². The number of hydrogen-bond donors (Lipinski definition) is 1. The Morgan fingerprint density at radius 2 is 2.20 bits per heavy atom. The summed E-state index contributed by atoms with van der Waals surface area (Å²) in [5.74, 6) is 0.713. The molecule has 2 aromatic rings. The second-order valence-corrected chi connectivity index (χ2v) is 2.69. The number of rotatable bonds is 2.